The molecule has 0 heterocycles. The van der Waals surface area contributed by atoms with Gasteiger partial charge in [-0.25, -0.2) is 4.79 Å². The van der Waals surface area contributed by atoms with Gasteiger partial charge in [0.15, 0.2) is 6.61 Å². The first kappa shape index (κ1) is 23.9. The van der Waals surface area contributed by atoms with Gasteiger partial charge < -0.3 is 19.7 Å². The van der Waals surface area contributed by atoms with E-state index in [1.807, 2.05) is 13.0 Å². The summed E-state index contributed by atoms with van der Waals surface area (Å²) in [5.41, 5.74) is 0.956. The molecule has 152 valence electrons. The summed E-state index contributed by atoms with van der Waals surface area (Å²) < 4.78 is 10.3. The van der Waals surface area contributed by atoms with Gasteiger partial charge in [0.05, 0.1) is 11.6 Å². The summed E-state index contributed by atoms with van der Waals surface area (Å²) in [6.45, 7) is 1.90. The van der Waals surface area contributed by atoms with Crippen LogP contribution in [-0.2, 0) is 9.59 Å². The fourth-order valence-electron chi connectivity index (χ4n) is 1.91. The summed E-state index contributed by atoms with van der Waals surface area (Å²) in [5, 5.41) is 18.2. The maximum atomic E-state index is 10.2. The molecule has 0 aliphatic carbocycles. The molecular formula is C19H19Cl3O6. The minimum Gasteiger partial charge on any atom is -0.493 e. The molecule has 0 atom stereocenters. The smallest absolute Gasteiger partial charge is 0.341 e. The molecule has 0 aromatic heterocycles. The van der Waals surface area contributed by atoms with Crippen molar-refractivity contribution in [3.8, 4) is 11.5 Å². The van der Waals surface area contributed by atoms with E-state index in [0.29, 0.717) is 33.8 Å². The normalized spacial score (nSPS) is 9.86. The van der Waals surface area contributed by atoms with Crippen molar-refractivity contribution >= 4 is 46.7 Å². The lowest BCUT2D eigenvalue weighted by molar-refractivity contribution is -0.139. The Labute approximate surface area is 177 Å². The maximum absolute atomic E-state index is 10.2. The minimum atomic E-state index is -1.05. The van der Waals surface area contributed by atoms with Gasteiger partial charge in [0.25, 0.3) is 0 Å². The fraction of sp³-hybridized carbons (Fsp3) is 0.263. The van der Waals surface area contributed by atoms with Gasteiger partial charge in [-0.15, -0.1) is 0 Å². The van der Waals surface area contributed by atoms with Crippen LogP contribution in [-0.4, -0.2) is 35.4 Å². The Morgan fingerprint density at radius 1 is 0.893 bits per heavy atom. The Balaban J connectivity index is 0.000000283. The first-order valence-electron chi connectivity index (χ1n) is 8.09. The van der Waals surface area contributed by atoms with Gasteiger partial charge in [-0.05, 0) is 55.3 Å². The monoisotopic (exact) mass is 448 g/mol. The Bertz CT molecular complexity index is 810. The zero-order valence-corrected chi connectivity index (χ0v) is 17.2. The number of rotatable bonds is 8. The molecule has 2 N–H and O–H groups in total. The molecule has 2 aromatic rings. The highest BCUT2D eigenvalue weighted by Crippen LogP contribution is 2.27. The van der Waals surface area contributed by atoms with E-state index in [-0.39, 0.29) is 6.42 Å². The lowest BCUT2D eigenvalue weighted by Crippen LogP contribution is -2.09. The quantitative estimate of drug-likeness (QED) is 0.528. The average molecular weight is 450 g/mol. The molecular weight excluding hydrogens is 431 g/mol. The highest BCUT2D eigenvalue weighted by atomic mass is 35.5. The minimum absolute atomic E-state index is 0.132. The van der Waals surface area contributed by atoms with Crippen molar-refractivity contribution in [3.63, 3.8) is 0 Å². The van der Waals surface area contributed by atoms with Gasteiger partial charge in [-0.1, -0.05) is 34.8 Å². The zero-order chi connectivity index (χ0) is 21.1. The molecule has 0 aliphatic rings. The number of hydrogen-bond acceptors (Lipinski definition) is 4. The van der Waals surface area contributed by atoms with Crippen LogP contribution in [0.25, 0.3) is 0 Å². The van der Waals surface area contributed by atoms with Crippen LogP contribution >= 0.6 is 34.8 Å². The number of carboxylic acids is 2. The number of carbonyl (C=O) groups is 2. The van der Waals surface area contributed by atoms with Crippen molar-refractivity contribution < 1.29 is 29.3 Å². The zero-order valence-electron chi connectivity index (χ0n) is 15.0. The third kappa shape index (κ3) is 9.69. The molecule has 2 rings (SSSR count). The molecule has 2 aromatic carbocycles. The lowest BCUT2D eigenvalue weighted by Gasteiger charge is -2.08. The van der Waals surface area contributed by atoms with Crippen LogP contribution in [0.3, 0.4) is 0 Å². The number of aliphatic carboxylic acids is 2. The highest BCUT2D eigenvalue weighted by molar-refractivity contribution is 6.35. The predicted molar refractivity (Wildman–Crippen MR) is 108 cm³/mol. The van der Waals surface area contributed by atoms with E-state index in [1.54, 1.807) is 18.2 Å². The molecule has 0 amide bonds. The largest absolute Gasteiger partial charge is 0.493 e. The Kier molecular flexibility index (Phi) is 10.5. The number of carboxylic acid groups (broad SMARTS) is 2. The van der Waals surface area contributed by atoms with Crippen molar-refractivity contribution in [1.29, 1.82) is 0 Å². The van der Waals surface area contributed by atoms with E-state index in [4.69, 9.17) is 54.5 Å². The summed E-state index contributed by atoms with van der Waals surface area (Å²) in [6, 6.07) is 9.94. The molecule has 0 spiro atoms. The van der Waals surface area contributed by atoms with E-state index >= 15 is 0 Å². The van der Waals surface area contributed by atoms with Gasteiger partial charge in [0, 0.05) is 16.5 Å². The lowest BCUT2D eigenvalue weighted by atomic mass is 10.2. The maximum Gasteiger partial charge on any atom is 0.341 e. The Morgan fingerprint density at radius 3 is 2.04 bits per heavy atom. The van der Waals surface area contributed by atoms with Crippen molar-refractivity contribution in [2.24, 2.45) is 0 Å². The van der Waals surface area contributed by atoms with Gasteiger partial charge in [-0.3, -0.25) is 4.79 Å². The first-order chi connectivity index (χ1) is 13.2. The second kappa shape index (κ2) is 12.3. The van der Waals surface area contributed by atoms with Crippen LogP contribution in [0, 0.1) is 6.92 Å². The van der Waals surface area contributed by atoms with Crippen molar-refractivity contribution in [2.75, 3.05) is 13.2 Å². The van der Waals surface area contributed by atoms with Crippen LogP contribution in [0.1, 0.15) is 18.4 Å². The average Bonchev–Trinajstić information content (AvgIpc) is 2.59. The number of aryl methyl sites for hydroxylation is 1. The van der Waals surface area contributed by atoms with Crippen molar-refractivity contribution in [1.82, 2.24) is 0 Å². The van der Waals surface area contributed by atoms with Crippen LogP contribution in [0.2, 0.25) is 15.1 Å². The molecule has 28 heavy (non-hydrogen) atoms. The SMILES string of the molecule is Cc1cc(Cl)ccc1OCCCC(=O)O.O=C(O)COc1ccc(Cl)cc1Cl. The summed E-state index contributed by atoms with van der Waals surface area (Å²) in [4.78, 5) is 20.4. The molecule has 0 saturated carbocycles. The summed E-state index contributed by atoms with van der Waals surface area (Å²) in [7, 11) is 0. The van der Waals surface area contributed by atoms with E-state index < -0.39 is 18.5 Å². The van der Waals surface area contributed by atoms with Crippen molar-refractivity contribution in [2.45, 2.75) is 19.8 Å². The van der Waals surface area contributed by atoms with Crippen LogP contribution in [0.15, 0.2) is 36.4 Å². The van der Waals surface area contributed by atoms with Crippen LogP contribution in [0.5, 0.6) is 11.5 Å². The first-order valence-corrected chi connectivity index (χ1v) is 9.23. The summed E-state index contributed by atoms with van der Waals surface area (Å²) in [5.74, 6) is -0.782. The molecule has 0 bridgehead atoms. The Hall–Kier alpha value is -2.15. The van der Waals surface area contributed by atoms with E-state index in [0.717, 1.165) is 11.3 Å². The second-order valence-corrected chi connectivity index (χ2v) is 6.79. The van der Waals surface area contributed by atoms with Gasteiger partial charge in [0.2, 0.25) is 0 Å². The van der Waals surface area contributed by atoms with Gasteiger partial charge in [-0.2, -0.15) is 0 Å². The van der Waals surface area contributed by atoms with E-state index in [2.05, 4.69) is 0 Å². The molecule has 0 unspecified atom stereocenters. The number of halogens is 3. The van der Waals surface area contributed by atoms with Crippen LogP contribution in [0.4, 0.5) is 0 Å². The summed E-state index contributed by atoms with van der Waals surface area (Å²) >= 11 is 17.1. The molecule has 6 nitrogen and oxygen atoms in total. The standard InChI is InChI=1S/C11H13ClO3.C8H6Cl2O3/c1-8-7-9(12)4-5-10(8)15-6-2-3-11(13)14;9-5-1-2-7(6(10)3-5)13-4-8(11)12/h4-5,7H,2-3,6H2,1H3,(H,13,14);1-3H,4H2,(H,11,12). The van der Waals surface area contributed by atoms with Crippen LogP contribution < -0.4 is 9.47 Å². The fourth-order valence-corrected chi connectivity index (χ4v) is 2.60. The Morgan fingerprint density at radius 2 is 1.50 bits per heavy atom. The molecule has 0 saturated heterocycles. The molecule has 9 heteroatoms. The number of hydrogen-bond donors (Lipinski definition) is 2. The predicted octanol–water partition coefficient (Wildman–Crippen LogP) is 5.35. The number of ether oxygens (including phenoxy) is 2. The van der Waals surface area contributed by atoms with Gasteiger partial charge >= 0.3 is 11.9 Å². The van der Waals surface area contributed by atoms with Gasteiger partial charge in [0.1, 0.15) is 11.5 Å². The third-order valence-corrected chi connectivity index (χ3v) is 3.94. The molecule has 0 radical (unpaired) electrons. The second-order valence-electron chi connectivity index (χ2n) is 5.51. The highest BCUT2D eigenvalue weighted by Gasteiger charge is 2.04. The summed E-state index contributed by atoms with van der Waals surface area (Å²) in [6.07, 6.45) is 0.643. The topological polar surface area (TPSA) is 93.1 Å². The van der Waals surface area contributed by atoms with E-state index in [1.165, 1.54) is 12.1 Å². The number of benzene rings is 2. The van der Waals surface area contributed by atoms with Crippen molar-refractivity contribution in [3.05, 3.63) is 57.0 Å². The molecule has 0 fully saturated rings. The molecule has 0 aliphatic heterocycles. The third-order valence-electron chi connectivity index (χ3n) is 3.17. The van der Waals surface area contributed by atoms with E-state index in [9.17, 15) is 9.59 Å².